The Labute approximate surface area is 95.0 Å². The van der Waals surface area contributed by atoms with Crippen LogP contribution in [0, 0.1) is 19.0 Å². The van der Waals surface area contributed by atoms with Crippen molar-refractivity contribution < 1.29 is 0 Å². The average molecular weight is 322 g/mol. The van der Waals surface area contributed by atoms with Gasteiger partial charge in [-0.05, 0) is 0 Å². The SMILES string of the molecule is C[Si](C)(C)C#C[Te]C#C[Si](C)(C)C. The van der Waals surface area contributed by atoms with Gasteiger partial charge in [0.1, 0.15) is 0 Å². The van der Waals surface area contributed by atoms with Gasteiger partial charge in [-0.3, -0.25) is 0 Å². The molecule has 0 nitrogen and oxygen atoms in total. The van der Waals surface area contributed by atoms with E-state index in [-0.39, 0.29) is 20.9 Å². The van der Waals surface area contributed by atoms with Crippen molar-refractivity contribution in [2.45, 2.75) is 39.3 Å². The summed E-state index contributed by atoms with van der Waals surface area (Å²) in [5, 5.41) is 0. The van der Waals surface area contributed by atoms with Crippen LogP contribution >= 0.6 is 0 Å². The van der Waals surface area contributed by atoms with Crippen LogP contribution in [-0.4, -0.2) is 37.1 Å². The van der Waals surface area contributed by atoms with E-state index in [1.165, 1.54) is 0 Å². The van der Waals surface area contributed by atoms with Crippen molar-refractivity contribution in [1.82, 2.24) is 0 Å². The molecule has 0 unspecified atom stereocenters. The zero-order chi connectivity index (χ0) is 10.5. The van der Waals surface area contributed by atoms with Gasteiger partial charge >= 0.3 is 95.4 Å². The van der Waals surface area contributed by atoms with Gasteiger partial charge in [0.2, 0.25) is 0 Å². The molecule has 0 rings (SSSR count). The molecule has 0 atom stereocenters. The maximum atomic E-state index is 3.37. The third-order valence-corrected chi connectivity index (χ3v) is 4.99. The summed E-state index contributed by atoms with van der Waals surface area (Å²) in [4.78, 5) is 0. The fourth-order valence-corrected chi connectivity index (χ4v) is 7.36. The summed E-state index contributed by atoms with van der Waals surface area (Å²) < 4.78 is 6.58. The predicted octanol–water partition coefficient (Wildman–Crippen LogP) is 2.37. The Morgan fingerprint density at radius 2 is 1.00 bits per heavy atom. The van der Waals surface area contributed by atoms with Gasteiger partial charge in [-0.15, -0.1) is 0 Å². The molecule has 0 aliphatic rings. The molecule has 0 aliphatic heterocycles. The van der Waals surface area contributed by atoms with Crippen LogP contribution in [0.25, 0.3) is 0 Å². The van der Waals surface area contributed by atoms with Crippen LogP contribution in [0.15, 0.2) is 0 Å². The Bertz CT molecular complexity index is 242. The predicted molar refractivity (Wildman–Crippen MR) is 68.0 cm³/mol. The maximum absolute atomic E-state index is 3.37. The van der Waals surface area contributed by atoms with E-state index in [0.717, 1.165) is 0 Å². The fourth-order valence-electron chi connectivity index (χ4n) is 0.383. The molecule has 0 saturated heterocycles. The van der Waals surface area contributed by atoms with Crippen LogP contribution in [0.3, 0.4) is 0 Å². The summed E-state index contributed by atoms with van der Waals surface area (Å²) >= 11 is -0.327. The molecule has 0 aromatic heterocycles. The Morgan fingerprint density at radius 1 is 0.692 bits per heavy atom. The monoisotopic (exact) mass is 324 g/mol. The summed E-state index contributed by atoms with van der Waals surface area (Å²) in [6.45, 7) is 13.7. The number of hydrogen-bond acceptors (Lipinski definition) is 0. The van der Waals surface area contributed by atoms with Crippen LogP contribution < -0.4 is 0 Å². The van der Waals surface area contributed by atoms with Gasteiger partial charge in [0.15, 0.2) is 0 Å². The molecule has 0 N–H and O–H groups in total. The summed E-state index contributed by atoms with van der Waals surface area (Å²) in [6, 6.07) is 0. The first-order valence-electron chi connectivity index (χ1n) is 4.41. The van der Waals surface area contributed by atoms with Crippen molar-refractivity contribution in [2.24, 2.45) is 0 Å². The van der Waals surface area contributed by atoms with Gasteiger partial charge in [0.25, 0.3) is 0 Å². The van der Waals surface area contributed by atoms with Crippen LogP contribution in [0.2, 0.25) is 39.3 Å². The minimum absolute atomic E-state index is 0.327. The topological polar surface area (TPSA) is 0 Å². The summed E-state index contributed by atoms with van der Waals surface area (Å²) in [7, 11) is -2.28. The standard InChI is InChI=1S/C10H18Si2Te/c1-11(2,3)7-9-13-10-8-12(4,5)6/h1-6H3. The normalized spacial score (nSPS) is 10.9. The van der Waals surface area contributed by atoms with Gasteiger partial charge < -0.3 is 0 Å². The van der Waals surface area contributed by atoms with E-state index in [4.69, 9.17) is 0 Å². The van der Waals surface area contributed by atoms with E-state index in [1.54, 1.807) is 0 Å². The molecule has 0 bridgehead atoms. The summed E-state index contributed by atoms with van der Waals surface area (Å²) in [6.07, 6.45) is 0. The molecule has 3 heteroatoms. The third-order valence-electron chi connectivity index (χ3n) is 0.954. The van der Waals surface area contributed by atoms with Crippen LogP contribution in [0.1, 0.15) is 0 Å². The van der Waals surface area contributed by atoms with E-state index in [1.807, 2.05) is 0 Å². The van der Waals surface area contributed by atoms with Crippen molar-refractivity contribution in [2.75, 3.05) is 0 Å². The van der Waals surface area contributed by atoms with Gasteiger partial charge in [-0.1, -0.05) is 0 Å². The second-order valence-electron chi connectivity index (χ2n) is 5.06. The van der Waals surface area contributed by atoms with Gasteiger partial charge in [-0.25, -0.2) is 0 Å². The van der Waals surface area contributed by atoms with Gasteiger partial charge in [-0.2, -0.15) is 0 Å². The molecular formula is C10H18Si2Te. The third kappa shape index (κ3) is 12.3. The Morgan fingerprint density at radius 3 is 1.23 bits per heavy atom. The Balaban J connectivity index is 4.03. The summed E-state index contributed by atoms with van der Waals surface area (Å²) in [5.41, 5.74) is 6.74. The molecule has 0 radical (unpaired) electrons. The molecule has 0 aromatic rings. The summed E-state index contributed by atoms with van der Waals surface area (Å²) in [5.74, 6) is 0. The molecule has 72 valence electrons. The number of rotatable bonds is 0. The Hall–Kier alpha value is 0.343. The second-order valence-corrected chi connectivity index (χ2v) is 16.3. The van der Waals surface area contributed by atoms with Crippen molar-refractivity contribution >= 4 is 37.1 Å². The van der Waals surface area contributed by atoms with E-state index < -0.39 is 16.1 Å². The second kappa shape index (κ2) is 5.28. The van der Waals surface area contributed by atoms with Crippen LogP contribution in [0.4, 0.5) is 0 Å². The van der Waals surface area contributed by atoms with Crippen molar-refractivity contribution in [1.29, 1.82) is 0 Å². The van der Waals surface area contributed by atoms with Gasteiger partial charge in [0, 0.05) is 0 Å². The zero-order valence-corrected chi connectivity index (χ0v) is 13.7. The van der Waals surface area contributed by atoms with E-state index in [9.17, 15) is 0 Å². The molecule has 0 amide bonds. The van der Waals surface area contributed by atoms with Crippen LogP contribution in [-0.2, 0) is 0 Å². The number of hydrogen-bond donors (Lipinski definition) is 0. The van der Waals surface area contributed by atoms with Gasteiger partial charge in [0.05, 0.1) is 0 Å². The average Bonchev–Trinajstić information content (AvgIpc) is 1.81. The molecule has 0 saturated carbocycles. The fraction of sp³-hybridized carbons (Fsp3) is 0.600. The van der Waals surface area contributed by atoms with E-state index in [0.29, 0.717) is 0 Å². The first-order valence-corrected chi connectivity index (χ1v) is 13.7. The first kappa shape index (κ1) is 13.3. The van der Waals surface area contributed by atoms with Crippen molar-refractivity contribution in [3.05, 3.63) is 0 Å². The van der Waals surface area contributed by atoms with E-state index >= 15 is 0 Å². The van der Waals surface area contributed by atoms with Crippen molar-refractivity contribution in [3.8, 4) is 19.0 Å². The quantitative estimate of drug-likeness (QED) is 0.474. The first-order chi connectivity index (χ1) is 5.71. The molecule has 0 aliphatic carbocycles. The Kier molecular flexibility index (Phi) is 5.42. The molecule has 13 heavy (non-hydrogen) atoms. The molecule has 0 aromatic carbocycles. The molecule has 0 heterocycles. The molecule has 0 spiro atoms. The minimum atomic E-state index is -1.14. The van der Waals surface area contributed by atoms with Crippen molar-refractivity contribution in [3.63, 3.8) is 0 Å². The zero-order valence-electron chi connectivity index (χ0n) is 9.41. The van der Waals surface area contributed by atoms with E-state index in [2.05, 4.69) is 58.3 Å². The molecular weight excluding hydrogens is 304 g/mol. The molecule has 0 fully saturated rings. The van der Waals surface area contributed by atoms with Crippen LogP contribution in [0.5, 0.6) is 0 Å².